The highest BCUT2D eigenvalue weighted by atomic mass is 16.6. The van der Waals surface area contributed by atoms with Crippen molar-refractivity contribution in [1.29, 1.82) is 0 Å². The van der Waals surface area contributed by atoms with E-state index >= 15 is 0 Å². The summed E-state index contributed by atoms with van der Waals surface area (Å²) >= 11 is 0. The fourth-order valence-corrected chi connectivity index (χ4v) is 1.51. The standard InChI is InChI=1S/C8H12O4/c1-3-5-6(7(9)10)4(2)8(11)12-5/h4-6H,3H2,1-2H3,(H,9,10)/t4-,5-,6-/m0/s1. The number of carbonyl (C=O) groups excluding carboxylic acids is 1. The Labute approximate surface area is 70.5 Å². The van der Waals surface area contributed by atoms with Crippen LogP contribution in [0.5, 0.6) is 0 Å². The zero-order valence-electron chi connectivity index (χ0n) is 7.11. The summed E-state index contributed by atoms with van der Waals surface area (Å²) in [6.45, 7) is 3.41. The van der Waals surface area contributed by atoms with Crippen molar-refractivity contribution in [3.8, 4) is 0 Å². The van der Waals surface area contributed by atoms with Crippen molar-refractivity contribution in [2.24, 2.45) is 11.8 Å². The molecular weight excluding hydrogens is 160 g/mol. The highest BCUT2D eigenvalue weighted by Crippen LogP contribution is 2.29. The molecule has 4 heteroatoms. The first-order valence-corrected chi connectivity index (χ1v) is 4.01. The van der Waals surface area contributed by atoms with Gasteiger partial charge >= 0.3 is 11.9 Å². The minimum absolute atomic E-state index is 0.394. The van der Waals surface area contributed by atoms with Crippen molar-refractivity contribution >= 4 is 11.9 Å². The van der Waals surface area contributed by atoms with Gasteiger partial charge in [-0.15, -0.1) is 0 Å². The third-order valence-corrected chi connectivity index (χ3v) is 2.27. The van der Waals surface area contributed by atoms with Crippen LogP contribution in [0, 0.1) is 11.8 Å². The quantitative estimate of drug-likeness (QED) is 0.621. The number of ether oxygens (including phenoxy) is 1. The van der Waals surface area contributed by atoms with E-state index in [2.05, 4.69) is 0 Å². The first-order chi connectivity index (χ1) is 5.57. The van der Waals surface area contributed by atoms with Gasteiger partial charge in [0.05, 0.1) is 5.92 Å². The molecule has 0 amide bonds. The zero-order chi connectivity index (χ0) is 9.30. The van der Waals surface area contributed by atoms with Gasteiger partial charge in [0, 0.05) is 0 Å². The number of hydrogen-bond acceptors (Lipinski definition) is 3. The molecule has 0 spiro atoms. The molecule has 1 heterocycles. The second-order valence-corrected chi connectivity index (χ2v) is 3.04. The maximum Gasteiger partial charge on any atom is 0.311 e. The van der Waals surface area contributed by atoms with E-state index in [1.165, 1.54) is 0 Å². The summed E-state index contributed by atoms with van der Waals surface area (Å²) in [6, 6.07) is 0. The van der Waals surface area contributed by atoms with Gasteiger partial charge in [0.2, 0.25) is 0 Å². The number of carbonyl (C=O) groups is 2. The molecule has 0 aromatic carbocycles. The SMILES string of the molecule is CC[C@@H]1OC(=O)[C@@H](C)[C@@H]1C(=O)O. The van der Waals surface area contributed by atoms with Crippen LogP contribution in [0.3, 0.4) is 0 Å². The van der Waals surface area contributed by atoms with Crippen LogP contribution < -0.4 is 0 Å². The van der Waals surface area contributed by atoms with E-state index in [1.54, 1.807) is 6.92 Å². The maximum absolute atomic E-state index is 11.0. The monoisotopic (exact) mass is 172 g/mol. The lowest BCUT2D eigenvalue weighted by atomic mass is 9.91. The van der Waals surface area contributed by atoms with E-state index in [0.29, 0.717) is 6.42 Å². The van der Waals surface area contributed by atoms with E-state index in [9.17, 15) is 9.59 Å². The molecule has 1 fully saturated rings. The summed E-state index contributed by atoms with van der Waals surface area (Å²) in [6.07, 6.45) is 0.123. The number of esters is 1. The lowest BCUT2D eigenvalue weighted by molar-refractivity contribution is -0.144. The molecule has 3 atom stereocenters. The van der Waals surface area contributed by atoms with Crippen molar-refractivity contribution in [3.05, 3.63) is 0 Å². The number of aliphatic carboxylic acids is 1. The second-order valence-electron chi connectivity index (χ2n) is 3.04. The molecular formula is C8H12O4. The summed E-state index contributed by atoms with van der Waals surface area (Å²) in [5.41, 5.74) is 0. The first-order valence-electron chi connectivity index (χ1n) is 4.01. The van der Waals surface area contributed by atoms with Crippen molar-refractivity contribution in [1.82, 2.24) is 0 Å². The molecule has 0 aromatic rings. The Balaban J connectivity index is 2.80. The summed E-state index contributed by atoms with van der Waals surface area (Å²) in [4.78, 5) is 21.7. The fourth-order valence-electron chi connectivity index (χ4n) is 1.51. The number of carboxylic acid groups (broad SMARTS) is 1. The molecule has 68 valence electrons. The van der Waals surface area contributed by atoms with Gasteiger partial charge in [-0.05, 0) is 6.42 Å². The van der Waals surface area contributed by atoms with Crippen LogP contribution in [0.2, 0.25) is 0 Å². The average Bonchev–Trinajstić information content (AvgIpc) is 2.28. The van der Waals surface area contributed by atoms with Gasteiger partial charge in [-0.2, -0.15) is 0 Å². The summed E-state index contributed by atoms with van der Waals surface area (Å²) in [5.74, 6) is -2.51. The summed E-state index contributed by atoms with van der Waals surface area (Å²) in [5, 5.41) is 8.77. The van der Waals surface area contributed by atoms with E-state index in [-0.39, 0.29) is 0 Å². The minimum Gasteiger partial charge on any atom is -0.481 e. The number of carboxylic acids is 1. The third-order valence-electron chi connectivity index (χ3n) is 2.27. The Hall–Kier alpha value is -1.06. The first kappa shape index (κ1) is 9.03. The van der Waals surface area contributed by atoms with Crippen LogP contribution in [0.4, 0.5) is 0 Å². The lowest BCUT2D eigenvalue weighted by Crippen LogP contribution is -2.27. The van der Waals surface area contributed by atoms with Gasteiger partial charge in [-0.1, -0.05) is 13.8 Å². The third kappa shape index (κ3) is 1.29. The molecule has 1 N–H and O–H groups in total. The lowest BCUT2D eigenvalue weighted by Gasteiger charge is -2.12. The van der Waals surface area contributed by atoms with Crippen molar-refractivity contribution < 1.29 is 19.4 Å². The van der Waals surface area contributed by atoms with Gasteiger partial charge < -0.3 is 9.84 Å². The molecule has 12 heavy (non-hydrogen) atoms. The predicted octanol–water partition coefficient (Wildman–Crippen LogP) is 0.659. The Morgan fingerprint density at radius 3 is 2.58 bits per heavy atom. The minimum atomic E-state index is -0.944. The van der Waals surface area contributed by atoms with Crippen LogP contribution in [0.25, 0.3) is 0 Å². The van der Waals surface area contributed by atoms with Gasteiger partial charge in [0.15, 0.2) is 0 Å². The number of cyclic esters (lactones) is 1. The van der Waals surface area contributed by atoms with Crippen LogP contribution in [0.15, 0.2) is 0 Å². The molecule has 4 nitrogen and oxygen atoms in total. The molecule has 1 rings (SSSR count). The van der Waals surface area contributed by atoms with Gasteiger partial charge in [-0.3, -0.25) is 9.59 Å². The van der Waals surface area contributed by atoms with Crippen LogP contribution in [-0.4, -0.2) is 23.1 Å². The highest BCUT2D eigenvalue weighted by molar-refractivity contribution is 5.84. The normalized spacial score (nSPS) is 34.8. The van der Waals surface area contributed by atoms with Crippen molar-refractivity contribution in [3.63, 3.8) is 0 Å². The second kappa shape index (κ2) is 3.13. The molecule has 0 radical (unpaired) electrons. The Morgan fingerprint density at radius 2 is 2.25 bits per heavy atom. The highest BCUT2D eigenvalue weighted by Gasteiger charge is 2.45. The molecule has 1 aliphatic heterocycles. The predicted molar refractivity (Wildman–Crippen MR) is 40.5 cm³/mol. The maximum atomic E-state index is 11.0. The van der Waals surface area contributed by atoms with Crippen molar-refractivity contribution in [2.75, 3.05) is 0 Å². The van der Waals surface area contributed by atoms with E-state index in [1.807, 2.05) is 6.92 Å². The van der Waals surface area contributed by atoms with Crippen LogP contribution in [-0.2, 0) is 14.3 Å². The number of hydrogen-bond donors (Lipinski definition) is 1. The van der Waals surface area contributed by atoms with E-state index in [4.69, 9.17) is 9.84 Å². The average molecular weight is 172 g/mol. The van der Waals surface area contributed by atoms with Crippen LogP contribution >= 0.6 is 0 Å². The smallest absolute Gasteiger partial charge is 0.311 e. The van der Waals surface area contributed by atoms with Crippen LogP contribution in [0.1, 0.15) is 20.3 Å². The largest absolute Gasteiger partial charge is 0.481 e. The van der Waals surface area contributed by atoms with Gasteiger partial charge in [0.1, 0.15) is 12.0 Å². The van der Waals surface area contributed by atoms with Crippen molar-refractivity contribution in [2.45, 2.75) is 26.4 Å². The molecule has 0 aliphatic carbocycles. The fraction of sp³-hybridized carbons (Fsp3) is 0.750. The molecule has 0 bridgehead atoms. The Bertz CT molecular complexity index is 211. The molecule has 0 saturated carbocycles. The zero-order valence-corrected chi connectivity index (χ0v) is 7.11. The molecule has 1 saturated heterocycles. The number of rotatable bonds is 2. The Morgan fingerprint density at radius 1 is 1.67 bits per heavy atom. The van der Waals surface area contributed by atoms with Gasteiger partial charge in [-0.25, -0.2) is 0 Å². The molecule has 1 aliphatic rings. The summed E-state index contributed by atoms with van der Waals surface area (Å²) < 4.78 is 4.88. The Kier molecular flexibility index (Phi) is 2.35. The van der Waals surface area contributed by atoms with E-state index < -0.39 is 29.9 Å². The van der Waals surface area contributed by atoms with Gasteiger partial charge in [0.25, 0.3) is 0 Å². The molecule has 0 aromatic heterocycles. The molecule has 0 unspecified atom stereocenters. The van der Waals surface area contributed by atoms with E-state index in [0.717, 1.165) is 0 Å². The topological polar surface area (TPSA) is 63.6 Å². The summed E-state index contributed by atoms with van der Waals surface area (Å²) in [7, 11) is 0.